The molecule has 0 bridgehead atoms. The Morgan fingerprint density at radius 3 is 2.61 bits per heavy atom. The third-order valence-corrected chi connectivity index (χ3v) is 4.59. The number of benzene rings is 3. The van der Waals surface area contributed by atoms with Gasteiger partial charge >= 0.3 is 5.63 Å². The van der Waals surface area contributed by atoms with Crippen molar-refractivity contribution in [1.29, 1.82) is 0 Å². The number of fused-ring (bicyclic) bond motifs is 2. The summed E-state index contributed by atoms with van der Waals surface area (Å²) in [5, 5.41) is 3.35. The summed E-state index contributed by atoms with van der Waals surface area (Å²) in [5.74, 6) is 0.707. The summed E-state index contributed by atoms with van der Waals surface area (Å²) in [4.78, 5) is 16.4. The molecule has 0 N–H and O–H groups in total. The molecule has 0 fully saturated rings. The van der Waals surface area contributed by atoms with Gasteiger partial charge in [0.25, 0.3) is 5.22 Å². The lowest BCUT2D eigenvalue weighted by atomic mass is 10.1. The van der Waals surface area contributed by atoms with Crippen LogP contribution in [0.3, 0.4) is 0 Å². The van der Waals surface area contributed by atoms with Crippen LogP contribution in [-0.2, 0) is 5.75 Å². The van der Waals surface area contributed by atoms with Crippen molar-refractivity contribution in [2.24, 2.45) is 0 Å². The Kier molecular flexibility index (Phi) is 3.60. The molecule has 3 aromatic carbocycles. The minimum Gasteiger partial charge on any atom is -0.397 e. The molecule has 3 nitrogen and oxygen atoms in total. The second-order valence-corrected chi connectivity index (χ2v) is 6.18. The standard InChI is InChI=1S/C19H13NO2S/c21-18-16-7-3-4-8-17(16)20-19(22-18)23-12-13-9-10-14-5-1-2-6-15(14)11-13/h1-11H,12H2. The van der Waals surface area contributed by atoms with E-state index < -0.39 is 0 Å². The van der Waals surface area contributed by atoms with Crippen molar-refractivity contribution in [3.05, 3.63) is 82.7 Å². The van der Waals surface area contributed by atoms with Crippen molar-refractivity contribution in [3.8, 4) is 0 Å². The van der Waals surface area contributed by atoms with Crippen LogP contribution in [-0.4, -0.2) is 4.98 Å². The Labute approximate surface area is 137 Å². The second-order valence-electron chi connectivity index (χ2n) is 5.25. The number of thioether (sulfide) groups is 1. The molecule has 0 aliphatic rings. The Morgan fingerprint density at radius 2 is 1.70 bits per heavy atom. The van der Waals surface area contributed by atoms with Gasteiger partial charge in [0.15, 0.2) is 0 Å². The molecule has 1 heterocycles. The fraction of sp³-hybridized carbons (Fsp3) is 0.0526. The second kappa shape index (κ2) is 5.89. The fourth-order valence-electron chi connectivity index (χ4n) is 2.53. The van der Waals surface area contributed by atoms with E-state index >= 15 is 0 Å². The van der Waals surface area contributed by atoms with E-state index in [-0.39, 0.29) is 5.63 Å². The normalized spacial score (nSPS) is 11.1. The molecule has 0 aliphatic heterocycles. The third-order valence-electron chi connectivity index (χ3n) is 3.69. The highest BCUT2D eigenvalue weighted by Gasteiger charge is 2.07. The summed E-state index contributed by atoms with van der Waals surface area (Å²) >= 11 is 1.43. The Balaban J connectivity index is 1.61. The van der Waals surface area contributed by atoms with Gasteiger partial charge in [0.1, 0.15) is 0 Å². The predicted octanol–water partition coefficient (Wildman–Crippen LogP) is 4.63. The number of hydrogen-bond donors (Lipinski definition) is 0. The molecule has 23 heavy (non-hydrogen) atoms. The molecule has 0 atom stereocenters. The van der Waals surface area contributed by atoms with Gasteiger partial charge < -0.3 is 4.42 Å². The van der Waals surface area contributed by atoms with Crippen LogP contribution in [0, 0.1) is 0 Å². The van der Waals surface area contributed by atoms with E-state index in [0.717, 1.165) is 0 Å². The van der Waals surface area contributed by atoms with Crippen molar-refractivity contribution in [2.75, 3.05) is 0 Å². The van der Waals surface area contributed by atoms with Gasteiger partial charge in [-0.1, -0.05) is 66.4 Å². The van der Waals surface area contributed by atoms with Crippen LogP contribution >= 0.6 is 11.8 Å². The first kappa shape index (κ1) is 14.0. The molecular weight excluding hydrogens is 306 g/mol. The number of hydrogen-bond acceptors (Lipinski definition) is 4. The zero-order valence-electron chi connectivity index (χ0n) is 12.2. The molecule has 4 heteroatoms. The highest BCUT2D eigenvalue weighted by molar-refractivity contribution is 7.98. The van der Waals surface area contributed by atoms with Crippen LogP contribution in [0.25, 0.3) is 21.7 Å². The Hall–Kier alpha value is -2.59. The monoisotopic (exact) mass is 319 g/mol. The van der Waals surface area contributed by atoms with Gasteiger partial charge in [-0.05, 0) is 28.5 Å². The highest BCUT2D eigenvalue weighted by atomic mass is 32.2. The average molecular weight is 319 g/mol. The van der Waals surface area contributed by atoms with Gasteiger partial charge in [0.2, 0.25) is 0 Å². The molecule has 4 aromatic rings. The van der Waals surface area contributed by atoms with E-state index in [9.17, 15) is 4.79 Å². The smallest absolute Gasteiger partial charge is 0.347 e. The minimum absolute atomic E-state index is 0.336. The maximum absolute atomic E-state index is 12.0. The van der Waals surface area contributed by atoms with Gasteiger partial charge in [-0.2, -0.15) is 0 Å². The molecule has 0 saturated heterocycles. The molecule has 1 aromatic heterocycles. The largest absolute Gasteiger partial charge is 0.397 e. The zero-order valence-corrected chi connectivity index (χ0v) is 13.0. The van der Waals surface area contributed by atoms with Gasteiger partial charge in [0.05, 0.1) is 10.9 Å². The average Bonchev–Trinajstić information content (AvgIpc) is 2.60. The summed E-state index contributed by atoms with van der Waals surface area (Å²) in [5.41, 5.74) is 1.51. The molecule has 0 spiro atoms. The van der Waals surface area contributed by atoms with Crippen LogP contribution in [0.5, 0.6) is 0 Å². The summed E-state index contributed by atoms with van der Waals surface area (Å²) in [6.45, 7) is 0. The summed E-state index contributed by atoms with van der Waals surface area (Å²) < 4.78 is 5.30. The SMILES string of the molecule is O=c1oc(SCc2ccc3ccccc3c2)nc2ccccc12. The van der Waals surface area contributed by atoms with E-state index in [0.29, 0.717) is 21.9 Å². The quantitative estimate of drug-likeness (QED) is 0.516. The fourth-order valence-corrected chi connectivity index (χ4v) is 3.30. The van der Waals surface area contributed by atoms with E-state index in [2.05, 4.69) is 35.3 Å². The number of rotatable bonds is 3. The van der Waals surface area contributed by atoms with Crippen LogP contribution in [0.1, 0.15) is 5.56 Å². The molecule has 112 valence electrons. The van der Waals surface area contributed by atoms with Gasteiger partial charge in [0, 0.05) is 5.75 Å². The van der Waals surface area contributed by atoms with Crippen LogP contribution < -0.4 is 5.63 Å². The van der Waals surface area contributed by atoms with Crippen LogP contribution in [0.15, 0.2) is 81.2 Å². The summed E-state index contributed by atoms with van der Waals surface area (Å²) in [6.07, 6.45) is 0. The maximum Gasteiger partial charge on any atom is 0.347 e. The summed E-state index contributed by atoms with van der Waals surface area (Å²) in [6, 6.07) is 21.8. The predicted molar refractivity (Wildman–Crippen MR) is 93.8 cm³/mol. The van der Waals surface area contributed by atoms with Crippen LogP contribution in [0.4, 0.5) is 0 Å². The molecule has 4 rings (SSSR count). The molecular formula is C19H13NO2S. The first-order valence-electron chi connectivity index (χ1n) is 7.30. The molecule has 0 aliphatic carbocycles. The Morgan fingerprint density at radius 1 is 0.913 bits per heavy atom. The third kappa shape index (κ3) is 2.85. The maximum atomic E-state index is 12.0. The first-order valence-corrected chi connectivity index (χ1v) is 8.28. The van der Waals surface area contributed by atoms with Crippen molar-refractivity contribution in [3.63, 3.8) is 0 Å². The number of aromatic nitrogens is 1. The van der Waals surface area contributed by atoms with Crippen LogP contribution in [0.2, 0.25) is 0 Å². The van der Waals surface area contributed by atoms with E-state index in [1.54, 1.807) is 6.07 Å². The number of nitrogens with zero attached hydrogens (tertiary/aromatic N) is 1. The van der Waals surface area contributed by atoms with Crippen molar-refractivity contribution < 1.29 is 4.42 Å². The topological polar surface area (TPSA) is 43.1 Å². The summed E-state index contributed by atoms with van der Waals surface area (Å²) in [7, 11) is 0. The Bertz CT molecular complexity index is 1060. The van der Waals surface area contributed by atoms with Gasteiger partial charge in [-0.25, -0.2) is 9.78 Å². The molecule has 0 saturated carbocycles. The first-order chi connectivity index (χ1) is 11.3. The highest BCUT2D eigenvalue weighted by Crippen LogP contribution is 2.24. The van der Waals surface area contributed by atoms with E-state index in [1.165, 1.54) is 28.1 Å². The molecule has 0 radical (unpaired) electrons. The van der Waals surface area contributed by atoms with E-state index in [1.807, 2.05) is 30.3 Å². The molecule has 0 unspecified atom stereocenters. The lowest BCUT2D eigenvalue weighted by Gasteiger charge is -2.04. The van der Waals surface area contributed by atoms with Crippen molar-refractivity contribution >= 4 is 33.4 Å². The van der Waals surface area contributed by atoms with Crippen molar-refractivity contribution in [2.45, 2.75) is 11.0 Å². The number of para-hydroxylation sites is 1. The lowest BCUT2D eigenvalue weighted by Crippen LogP contribution is -2.02. The van der Waals surface area contributed by atoms with Gasteiger partial charge in [-0.15, -0.1) is 0 Å². The van der Waals surface area contributed by atoms with E-state index in [4.69, 9.17) is 4.42 Å². The lowest BCUT2D eigenvalue weighted by molar-refractivity contribution is 0.401. The minimum atomic E-state index is -0.336. The van der Waals surface area contributed by atoms with Gasteiger partial charge in [-0.3, -0.25) is 0 Å². The molecule has 0 amide bonds. The zero-order chi connectivity index (χ0) is 15.6. The van der Waals surface area contributed by atoms with Crippen molar-refractivity contribution in [1.82, 2.24) is 4.98 Å².